The normalized spacial score (nSPS) is 31.4. The maximum absolute atomic E-state index is 3.47. The van der Waals surface area contributed by atoms with Crippen molar-refractivity contribution in [1.82, 2.24) is 5.32 Å². The van der Waals surface area contributed by atoms with Crippen LogP contribution in [-0.2, 0) is 0 Å². The summed E-state index contributed by atoms with van der Waals surface area (Å²) in [5.41, 5.74) is 0.568. The van der Waals surface area contributed by atoms with E-state index in [-0.39, 0.29) is 0 Å². The van der Waals surface area contributed by atoms with Crippen LogP contribution in [0.2, 0.25) is 0 Å². The van der Waals surface area contributed by atoms with Crippen molar-refractivity contribution in [3.05, 3.63) is 0 Å². The molecule has 0 aliphatic carbocycles. The van der Waals surface area contributed by atoms with Crippen LogP contribution in [0, 0.1) is 11.3 Å². The van der Waals surface area contributed by atoms with Gasteiger partial charge in [0.05, 0.1) is 0 Å². The minimum atomic E-state index is 0.568. The van der Waals surface area contributed by atoms with Gasteiger partial charge in [0.25, 0.3) is 0 Å². The topological polar surface area (TPSA) is 12.0 Å². The third-order valence-electron chi connectivity index (χ3n) is 3.21. The Morgan fingerprint density at radius 2 is 2.09 bits per heavy atom. The third-order valence-corrected chi connectivity index (χ3v) is 3.21. The molecule has 0 amide bonds. The molecule has 1 heteroatoms. The first-order valence-corrected chi connectivity index (χ1v) is 4.87. The van der Waals surface area contributed by atoms with Crippen molar-refractivity contribution in [2.75, 3.05) is 13.1 Å². The number of nitrogens with one attached hydrogen (secondary N) is 1. The van der Waals surface area contributed by atoms with E-state index in [0.717, 1.165) is 5.92 Å². The van der Waals surface area contributed by atoms with Gasteiger partial charge in [0.2, 0.25) is 0 Å². The average Bonchev–Trinajstić information content (AvgIpc) is 2.10. The van der Waals surface area contributed by atoms with Crippen molar-refractivity contribution >= 4 is 0 Å². The first-order valence-electron chi connectivity index (χ1n) is 4.87. The van der Waals surface area contributed by atoms with Gasteiger partial charge in [0.15, 0.2) is 0 Å². The smallest absolute Gasteiger partial charge is 0.00437 e. The highest BCUT2D eigenvalue weighted by Crippen LogP contribution is 2.35. The van der Waals surface area contributed by atoms with Crippen molar-refractivity contribution in [3.8, 4) is 0 Å². The highest BCUT2D eigenvalue weighted by Gasteiger charge is 2.28. The van der Waals surface area contributed by atoms with Crippen LogP contribution in [0.1, 0.15) is 40.0 Å². The first kappa shape index (κ1) is 9.05. The minimum Gasteiger partial charge on any atom is -0.317 e. The summed E-state index contributed by atoms with van der Waals surface area (Å²) < 4.78 is 0. The van der Waals surface area contributed by atoms with Crippen LogP contribution in [-0.4, -0.2) is 13.1 Å². The zero-order valence-electron chi connectivity index (χ0n) is 8.11. The zero-order valence-corrected chi connectivity index (χ0v) is 8.11. The van der Waals surface area contributed by atoms with Gasteiger partial charge >= 0.3 is 0 Å². The van der Waals surface area contributed by atoms with E-state index < -0.39 is 0 Å². The molecule has 0 saturated carbocycles. The lowest BCUT2D eigenvalue weighted by molar-refractivity contribution is 0.198. The van der Waals surface area contributed by atoms with Crippen LogP contribution >= 0.6 is 0 Å². The maximum atomic E-state index is 3.47. The summed E-state index contributed by atoms with van der Waals surface area (Å²) in [6.45, 7) is 9.57. The molecule has 66 valence electrons. The molecule has 11 heavy (non-hydrogen) atoms. The Balaban J connectivity index is 2.56. The number of hydrogen-bond donors (Lipinski definition) is 1. The Kier molecular flexibility index (Phi) is 2.94. The van der Waals surface area contributed by atoms with E-state index in [2.05, 4.69) is 26.1 Å². The Labute approximate surface area is 70.6 Å². The Bertz CT molecular complexity index is 118. The molecule has 1 aliphatic heterocycles. The van der Waals surface area contributed by atoms with Crippen LogP contribution in [0.5, 0.6) is 0 Å². The van der Waals surface area contributed by atoms with E-state index in [1.807, 2.05) is 0 Å². The summed E-state index contributed by atoms with van der Waals surface area (Å²) in [6, 6.07) is 0. The molecule has 1 rings (SSSR count). The molecule has 0 aromatic rings. The molecule has 1 nitrogen and oxygen atoms in total. The Morgan fingerprint density at radius 3 is 2.73 bits per heavy atom. The van der Waals surface area contributed by atoms with Crippen LogP contribution in [0.25, 0.3) is 0 Å². The summed E-state index contributed by atoms with van der Waals surface area (Å²) in [6.07, 6.45) is 4.05. The van der Waals surface area contributed by atoms with Crippen molar-refractivity contribution in [2.24, 2.45) is 11.3 Å². The molecule has 0 aromatic heterocycles. The fraction of sp³-hybridized carbons (Fsp3) is 1.00. The van der Waals surface area contributed by atoms with Gasteiger partial charge in [0, 0.05) is 0 Å². The molecule has 1 fully saturated rings. The van der Waals surface area contributed by atoms with Crippen molar-refractivity contribution in [2.45, 2.75) is 40.0 Å². The molecule has 1 aliphatic rings. The van der Waals surface area contributed by atoms with Crippen LogP contribution in [0.4, 0.5) is 0 Å². The molecule has 1 atom stereocenters. The summed E-state index contributed by atoms with van der Waals surface area (Å²) in [7, 11) is 0. The summed E-state index contributed by atoms with van der Waals surface area (Å²) >= 11 is 0. The fourth-order valence-electron chi connectivity index (χ4n) is 2.16. The van der Waals surface area contributed by atoms with E-state index in [9.17, 15) is 0 Å². The molecule has 1 N–H and O–H groups in total. The van der Waals surface area contributed by atoms with E-state index in [0.29, 0.717) is 5.41 Å². The lowest BCUT2D eigenvalue weighted by Gasteiger charge is -2.31. The van der Waals surface area contributed by atoms with Gasteiger partial charge in [-0.1, -0.05) is 27.2 Å². The van der Waals surface area contributed by atoms with Gasteiger partial charge in [-0.25, -0.2) is 0 Å². The molecular weight excluding hydrogens is 134 g/mol. The van der Waals surface area contributed by atoms with Gasteiger partial charge in [-0.05, 0) is 37.3 Å². The quantitative estimate of drug-likeness (QED) is 0.613. The predicted octanol–water partition coefficient (Wildman–Crippen LogP) is 2.42. The third kappa shape index (κ3) is 2.19. The molecule has 1 heterocycles. The molecule has 0 spiro atoms. The second kappa shape index (κ2) is 3.57. The van der Waals surface area contributed by atoms with E-state index in [1.165, 1.54) is 32.4 Å². The van der Waals surface area contributed by atoms with Gasteiger partial charge in [0.1, 0.15) is 0 Å². The summed E-state index contributed by atoms with van der Waals surface area (Å²) in [5.74, 6) is 0.928. The van der Waals surface area contributed by atoms with E-state index in [1.54, 1.807) is 0 Å². The minimum absolute atomic E-state index is 0.568. The lowest BCUT2D eigenvalue weighted by atomic mass is 9.74. The second-order valence-corrected chi connectivity index (χ2v) is 4.38. The van der Waals surface area contributed by atoms with Gasteiger partial charge in [-0.3, -0.25) is 0 Å². The SMILES string of the molecule is CCC1CCNCCC1(C)C. The lowest BCUT2D eigenvalue weighted by Crippen LogP contribution is -2.23. The zero-order chi connectivity index (χ0) is 8.32. The van der Waals surface area contributed by atoms with Crippen molar-refractivity contribution in [1.29, 1.82) is 0 Å². The monoisotopic (exact) mass is 155 g/mol. The van der Waals surface area contributed by atoms with Crippen LogP contribution < -0.4 is 5.32 Å². The number of hydrogen-bond acceptors (Lipinski definition) is 1. The van der Waals surface area contributed by atoms with E-state index in [4.69, 9.17) is 0 Å². The maximum Gasteiger partial charge on any atom is -0.00437 e. The summed E-state index contributed by atoms with van der Waals surface area (Å²) in [5, 5.41) is 3.47. The standard InChI is InChI=1S/C10H21N/c1-4-9-5-7-11-8-6-10(9,2)3/h9,11H,4-8H2,1-3H3. The highest BCUT2D eigenvalue weighted by molar-refractivity contribution is 4.81. The molecule has 0 aromatic carbocycles. The molecule has 1 saturated heterocycles. The first-order chi connectivity index (χ1) is 5.17. The van der Waals surface area contributed by atoms with Gasteiger partial charge in [-0.2, -0.15) is 0 Å². The van der Waals surface area contributed by atoms with Crippen LogP contribution in [0.3, 0.4) is 0 Å². The molecule has 0 bridgehead atoms. The second-order valence-electron chi connectivity index (χ2n) is 4.38. The van der Waals surface area contributed by atoms with Crippen LogP contribution in [0.15, 0.2) is 0 Å². The summed E-state index contributed by atoms with van der Waals surface area (Å²) in [4.78, 5) is 0. The van der Waals surface area contributed by atoms with Crippen molar-refractivity contribution in [3.63, 3.8) is 0 Å². The fourth-order valence-corrected chi connectivity index (χ4v) is 2.16. The molecule has 1 unspecified atom stereocenters. The van der Waals surface area contributed by atoms with Gasteiger partial charge in [-0.15, -0.1) is 0 Å². The Hall–Kier alpha value is -0.0400. The largest absolute Gasteiger partial charge is 0.317 e. The number of rotatable bonds is 1. The molecular formula is C10H21N. The highest BCUT2D eigenvalue weighted by atomic mass is 14.9. The Morgan fingerprint density at radius 1 is 1.36 bits per heavy atom. The van der Waals surface area contributed by atoms with Gasteiger partial charge < -0.3 is 5.32 Å². The predicted molar refractivity (Wildman–Crippen MR) is 49.7 cm³/mol. The van der Waals surface area contributed by atoms with E-state index >= 15 is 0 Å². The molecule has 0 radical (unpaired) electrons. The van der Waals surface area contributed by atoms with Crippen molar-refractivity contribution < 1.29 is 0 Å². The average molecular weight is 155 g/mol.